The zero-order valence-corrected chi connectivity index (χ0v) is 16.6. The van der Waals surface area contributed by atoms with Crippen LogP contribution in [0.5, 0.6) is 0 Å². The number of amides is 2. The van der Waals surface area contributed by atoms with E-state index in [0.29, 0.717) is 12.5 Å². The van der Waals surface area contributed by atoms with Crippen molar-refractivity contribution in [1.29, 1.82) is 0 Å². The Hall–Kier alpha value is -1.46. The number of nitrogens with one attached hydrogen (secondary N) is 2. The maximum atomic E-state index is 11.4. The Balaban J connectivity index is 4.77. The summed E-state index contributed by atoms with van der Waals surface area (Å²) in [5, 5.41) is 5.64. The molecular formula is C18H36N2O4. The van der Waals surface area contributed by atoms with Gasteiger partial charge in [0.1, 0.15) is 0 Å². The van der Waals surface area contributed by atoms with Crippen molar-refractivity contribution < 1.29 is 19.1 Å². The first-order valence-corrected chi connectivity index (χ1v) is 8.66. The molecule has 0 radical (unpaired) electrons. The van der Waals surface area contributed by atoms with Crippen LogP contribution < -0.4 is 10.6 Å². The fourth-order valence-electron chi connectivity index (χ4n) is 3.24. The maximum Gasteiger partial charge on any atom is 0.407 e. The van der Waals surface area contributed by atoms with Crippen LogP contribution in [0.2, 0.25) is 0 Å². The summed E-state index contributed by atoms with van der Waals surface area (Å²) in [5.41, 5.74) is 0.0476. The van der Waals surface area contributed by atoms with Gasteiger partial charge in [-0.15, -0.1) is 0 Å². The van der Waals surface area contributed by atoms with Gasteiger partial charge in [-0.2, -0.15) is 0 Å². The molecule has 0 aliphatic rings. The van der Waals surface area contributed by atoms with Crippen LogP contribution in [-0.4, -0.2) is 39.0 Å². The molecule has 0 rings (SSSR count). The molecule has 2 unspecified atom stereocenters. The molecule has 0 aliphatic carbocycles. The second kappa shape index (κ2) is 9.74. The van der Waals surface area contributed by atoms with E-state index < -0.39 is 12.2 Å². The first-order chi connectivity index (χ1) is 11.0. The number of rotatable bonds is 9. The number of alkyl carbamates (subject to hydrolysis) is 2. The molecule has 142 valence electrons. The van der Waals surface area contributed by atoms with E-state index in [0.717, 1.165) is 19.3 Å². The van der Waals surface area contributed by atoms with E-state index in [1.165, 1.54) is 14.2 Å². The minimum absolute atomic E-state index is 0.0386. The average Bonchev–Trinajstić information content (AvgIpc) is 2.51. The fourth-order valence-corrected chi connectivity index (χ4v) is 3.24. The second-order valence-electron chi connectivity index (χ2n) is 7.86. The van der Waals surface area contributed by atoms with Crippen LogP contribution in [0.3, 0.4) is 0 Å². The van der Waals surface area contributed by atoms with Gasteiger partial charge in [0.25, 0.3) is 0 Å². The highest BCUT2D eigenvalue weighted by atomic mass is 16.5. The molecule has 2 N–H and O–H groups in total. The van der Waals surface area contributed by atoms with Gasteiger partial charge in [-0.05, 0) is 36.5 Å². The Labute approximate surface area is 147 Å². The summed E-state index contributed by atoms with van der Waals surface area (Å²) in [5.74, 6) is 0.429. The summed E-state index contributed by atoms with van der Waals surface area (Å²) in [6, 6.07) is 0.0427. The van der Waals surface area contributed by atoms with Gasteiger partial charge in [-0.1, -0.05) is 41.0 Å². The number of carbonyl (C=O) groups is 2. The van der Waals surface area contributed by atoms with E-state index in [9.17, 15) is 9.59 Å². The first kappa shape index (κ1) is 22.5. The predicted octanol–water partition coefficient (Wildman–Crippen LogP) is 3.95. The topological polar surface area (TPSA) is 76.7 Å². The monoisotopic (exact) mass is 344 g/mol. The molecule has 0 aromatic heterocycles. The molecule has 3 atom stereocenters. The summed E-state index contributed by atoms with van der Waals surface area (Å²) in [7, 11) is 2.75. The van der Waals surface area contributed by atoms with Crippen molar-refractivity contribution in [3.8, 4) is 0 Å². The van der Waals surface area contributed by atoms with Gasteiger partial charge in [0, 0.05) is 12.6 Å². The molecule has 0 aromatic carbocycles. The zero-order chi connectivity index (χ0) is 19.0. The third-order valence-electron chi connectivity index (χ3n) is 5.07. The van der Waals surface area contributed by atoms with Crippen LogP contribution in [0.25, 0.3) is 0 Å². The average molecular weight is 344 g/mol. The van der Waals surface area contributed by atoms with Crippen molar-refractivity contribution in [2.75, 3.05) is 20.8 Å². The molecule has 2 amide bonds. The molecule has 24 heavy (non-hydrogen) atoms. The van der Waals surface area contributed by atoms with Crippen molar-refractivity contribution in [3.63, 3.8) is 0 Å². The van der Waals surface area contributed by atoms with Gasteiger partial charge in [-0.3, -0.25) is 0 Å². The van der Waals surface area contributed by atoms with Gasteiger partial charge >= 0.3 is 12.2 Å². The van der Waals surface area contributed by atoms with Crippen molar-refractivity contribution in [3.05, 3.63) is 0 Å². The van der Waals surface area contributed by atoms with Crippen LogP contribution in [-0.2, 0) is 9.47 Å². The number of carbonyl (C=O) groups excluding carboxylic acids is 2. The van der Waals surface area contributed by atoms with E-state index in [2.05, 4.69) is 54.7 Å². The van der Waals surface area contributed by atoms with Crippen LogP contribution in [0.4, 0.5) is 9.59 Å². The third-order valence-corrected chi connectivity index (χ3v) is 5.07. The Bertz CT molecular complexity index is 412. The Morgan fingerprint density at radius 3 is 2.00 bits per heavy atom. The number of methoxy groups -OCH3 is 2. The smallest absolute Gasteiger partial charge is 0.407 e. The molecule has 0 saturated heterocycles. The lowest BCUT2D eigenvalue weighted by molar-refractivity contribution is 0.102. The highest BCUT2D eigenvalue weighted by Crippen LogP contribution is 2.42. The van der Waals surface area contributed by atoms with Crippen LogP contribution in [0.1, 0.15) is 60.8 Å². The van der Waals surface area contributed by atoms with Crippen molar-refractivity contribution in [2.45, 2.75) is 66.8 Å². The summed E-state index contributed by atoms with van der Waals surface area (Å²) in [6.45, 7) is 13.5. The maximum absolute atomic E-state index is 11.4. The van der Waals surface area contributed by atoms with E-state index in [-0.39, 0.29) is 16.9 Å². The van der Waals surface area contributed by atoms with Crippen molar-refractivity contribution in [1.82, 2.24) is 10.6 Å². The number of hydrogen-bond acceptors (Lipinski definition) is 4. The van der Waals surface area contributed by atoms with Gasteiger partial charge in [0.2, 0.25) is 0 Å². The molecular weight excluding hydrogens is 308 g/mol. The Kier molecular flexibility index (Phi) is 9.15. The summed E-state index contributed by atoms with van der Waals surface area (Å²) in [4.78, 5) is 22.7. The lowest BCUT2D eigenvalue weighted by atomic mass is 9.66. The lowest BCUT2D eigenvalue weighted by Crippen LogP contribution is -2.41. The van der Waals surface area contributed by atoms with E-state index in [1.807, 2.05) is 6.92 Å². The molecule has 6 nitrogen and oxygen atoms in total. The van der Waals surface area contributed by atoms with Crippen LogP contribution >= 0.6 is 0 Å². The normalized spacial score (nSPS) is 16.5. The minimum atomic E-state index is -0.398. The van der Waals surface area contributed by atoms with Crippen molar-refractivity contribution in [2.24, 2.45) is 16.7 Å². The Morgan fingerprint density at radius 1 is 1.00 bits per heavy atom. The molecule has 0 fully saturated rings. The van der Waals surface area contributed by atoms with Gasteiger partial charge < -0.3 is 20.1 Å². The predicted molar refractivity (Wildman–Crippen MR) is 96.0 cm³/mol. The molecule has 0 saturated carbocycles. The van der Waals surface area contributed by atoms with Crippen LogP contribution in [0, 0.1) is 16.7 Å². The summed E-state index contributed by atoms with van der Waals surface area (Å²) in [6.07, 6.45) is 2.06. The van der Waals surface area contributed by atoms with E-state index >= 15 is 0 Å². The molecule has 0 spiro atoms. The molecule has 6 heteroatoms. The highest BCUT2D eigenvalue weighted by Gasteiger charge is 2.35. The van der Waals surface area contributed by atoms with Gasteiger partial charge in [0.05, 0.1) is 14.2 Å². The standard InChI is InChI=1S/C18H36N2O4/c1-9-18(6,11-14(3)20-16(22)24-8)13(2)10-17(4,5)12-19-15(21)23-7/h13-14H,9-12H2,1-8H3,(H,19,21)(H,20,22)/t13?,14?,18-/m1/s1. The largest absolute Gasteiger partial charge is 0.453 e. The Morgan fingerprint density at radius 2 is 1.54 bits per heavy atom. The molecule has 0 aromatic rings. The minimum Gasteiger partial charge on any atom is -0.453 e. The third kappa shape index (κ3) is 7.88. The second-order valence-corrected chi connectivity index (χ2v) is 7.86. The first-order valence-electron chi connectivity index (χ1n) is 8.66. The molecule has 0 aliphatic heterocycles. The zero-order valence-electron chi connectivity index (χ0n) is 16.6. The van der Waals surface area contributed by atoms with Gasteiger partial charge in [0.15, 0.2) is 0 Å². The SMILES string of the molecule is CC[C@](C)(CC(C)NC(=O)OC)C(C)CC(C)(C)CNC(=O)OC. The number of hydrogen-bond donors (Lipinski definition) is 2. The lowest BCUT2D eigenvalue weighted by Gasteiger charge is -2.41. The fraction of sp³-hybridized carbons (Fsp3) is 0.889. The molecule has 0 bridgehead atoms. The number of ether oxygens (including phenoxy) is 2. The quantitative estimate of drug-likeness (QED) is 0.664. The highest BCUT2D eigenvalue weighted by molar-refractivity contribution is 5.67. The van der Waals surface area contributed by atoms with E-state index in [4.69, 9.17) is 0 Å². The summed E-state index contributed by atoms with van der Waals surface area (Å²) >= 11 is 0. The van der Waals surface area contributed by atoms with Crippen LogP contribution in [0.15, 0.2) is 0 Å². The van der Waals surface area contributed by atoms with E-state index in [1.54, 1.807) is 0 Å². The summed E-state index contributed by atoms with van der Waals surface area (Å²) < 4.78 is 9.31. The van der Waals surface area contributed by atoms with Gasteiger partial charge in [-0.25, -0.2) is 9.59 Å². The van der Waals surface area contributed by atoms with Crippen molar-refractivity contribution >= 4 is 12.2 Å². The molecule has 0 heterocycles.